The van der Waals surface area contributed by atoms with Crippen LogP contribution >= 0.6 is 11.3 Å². The SMILES string of the molecule is CCOC(=O)c1sc(-c2ccc(C(=O)c3ccccc3)cc2)nc1C. The van der Waals surface area contributed by atoms with Crippen molar-refractivity contribution in [2.45, 2.75) is 13.8 Å². The Balaban J connectivity index is 1.85. The topological polar surface area (TPSA) is 56.3 Å². The molecule has 0 saturated heterocycles. The molecule has 0 radical (unpaired) electrons. The number of aryl methyl sites for hydroxylation is 1. The zero-order chi connectivity index (χ0) is 17.8. The second-order valence-electron chi connectivity index (χ2n) is 5.43. The minimum atomic E-state index is -0.348. The summed E-state index contributed by atoms with van der Waals surface area (Å²) in [5, 5.41) is 0.735. The second-order valence-corrected chi connectivity index (χ2v) is 6.43. The lowest BCUT2D eigenvalue weighted by Crippen LogP contribution is -2.03. The molecule has 0 atom stereocenters. The fourth-order valence-electron chi connectivity index (χ4n) is 2.43. The van der Waals surface area contributed by atoms with E-state index in [1.807, 2.05) is 30.3 Å². The molecule has 3 rings (SSSR count). The van der Waals surface area contributed by atoms with E-state index in [9.17, 15) is 9.59 Å². The van der Waals surface area contributed by atoms with Crippen LogP contribution in [-0.2, 0) is 4.74 Å². The molecule has 0 unspecified atom stereocenters. The highest BCUT2D eigenvalue weighted by molar-refractivity contribution is 7.17. The Kier molecular flexibility index (Phi) is 5.05. The van der Waals surface area contributed by atoms with Gasteiger partial charge in [-0.3, -0.25) is 4.79 Å². The number of carbonyl (C=O) groups excluding carboxylic acids is 2. The molecule has 0 aliphatic rings. The zero-order valence-corrected chi connectivity index (χ0v) is 14.8. The minimum absolute atomic E-state index is 0.0188. The summed E-state index contributed by atoms with van der Waals surface area (Å²) in [6, 6.07) is 16.4. The van der Waals surface area contributed by atoms with Gasteiger partial charge in [0.05, 0.1) is 12.3 Å². The van der Waals surface area contributed by atoms with Gasteiger partial charge in [-0.2, -0.15) is 0 Å². The van der Waals surface area contributed by atoms with Crippen molar-refractivity contribution in [3.8, 4) is 10.6 Å². The Labute approximate surface area is 150 Å². The van der Waals surface area contributed by atoms with Gasteiger partial charge < -0.3 is 4.74 Å². The Morgan fingerprint density at radius 3 is 2.28 bits per heavy atom. The fraction of sp³-hybridized carbons (Fsp3) is 0.150. The van der Waals surface area contributed by atoms with Crippen LogP contribution in [0.25, 0.3) is 10.6 Å². The van der Waals surface area contributed by atoms with E-state index < -0.39 is 0 Å². The summed E-state index contributed by atoms with van der Waals surface area (Å²) < 4.78 is 5.04. The van der Waals surface area contributed by atoms with Crippen LogP contribution in [0.4, 0.5) is 0 Å². The number of ketones is 1. The van der Waals surface area contributed by atoms with E-state index in [0.717, 1.165) is 10.6 Å². The van der Waals surface area contributed by atoms with Crippen molar-refractivity contribution in [2.24, 2.45) is 0 Å². The first-order valence-electron chi connectivity index (χ1n) is 7.95. The number of rotatable bonds is 5. The molecule has 0 aliphatic heterocycles. The van der Waals surface area contributed by atoms with Gasteiger partial charge in [-0.05, 0) is 13.8 Å². The summed E-state index contributed by atoms with van der Waals surface area (Å²) >= 11 is 1.30. The lowest BCUT2D eigenvalue weighted by molar-refractivity contribution is 0.0531. The van der Waals surface area contributed by atoms with Crippen molar-refractivity contribution in [1.29, 1.82) is 0 Å². The third-order valence-corrected chi connectivity index (χ3v) is 4.87. The van der Waals surface area contributed by atoms with Crippen LogP contribution in [0.5, 0.6) is 0 Å². The molecule has 25 heavy (non-hydrogen) atoms. The summed E-state index contributed by atoms with van der Waals surface area (Å²) in [5.74, 6) is -0.366. The number of carbonyl (C=O) groups is 2. The summed E-state index contributed by atoms with van der Waals surface area (Å²) in [4.78, 5) is 29.3. The molecule has 1 heterocycles. The molecule has 126 valence electrons. The predicted octanol–water partition coefficient (Wildman–Crippen LogP) is 4.53. The second kappa shape index (κ2) is 7.40. The third kappa shape index (κ3) is 3.67. The van der Waals surface area contributed by atoms with Crippen molar-refractivity contribution in [1.82, 2.24) is 4.98 Å². The first-order valence-corrected chi connectivity index (χ1v) is 8.76. The quantitative estimate of drug-likeness (QED) is 0.501. The molecule has 2 aromatic carbocycles. The molecule has 0 N–H and O–H groups in total. The molecule has 5 heteroatoms. The highest BCUT2D eigenvalue weighted by Crippen LogP contribution is 2.29. The van der Waals surface area contributed by atoms with Gasteiger partial charge in [0.15, 0.2) is 5.78 Å². The van der Waals surface area contributed by atoms with Crippen molar-refractivity contribution in [3.63, 3.8) is 0 Å². The number of benzene rings is 2. The molecule has 0 fully saturated rings. The van der Waals surface area contributed by atoms with Gasteiger partial charge in [0.2, 0.25) is 0 Å². The number of hydrogen-bond acceptors (Lipinski definition) is 5. The monoisotopic (exact) mass is 351 g/mol. The molecular weight excluding hydrogens is 334 g/mol. The molecule has 0 spiro atoms. The van der Waals surface area contributed by atoms with E-state index in [1.165, 1.54) is 11.3 Å². The number of ether oxygens (including phenoxy) is 1. The molecule has 0 bridgehead atoms. The van der Waals surface area contributed by atoms with Crippen LogP contribution in [-0.4, -0.2) is 23.3 Å². The van der Waals surface area contributed by atoms with Gasteiger partial charge in [0.25, 0.3) is 0 Å². The number of thiazole rings is 1. The Hall–Kier alpha value is -2.79. The summed E-state index contributed by atoms with van der Waals surface area (Å²) in [6.07, 6.45) is 0. The average Bonchev–Trinajstić information content (AvgIpc) is 3.04. The van der Waals surface area contributed by atoms with Crippen LogP contribution in [0.15, 0.2) is 54.6 Å². The Morgan fingerprint density at radius 2 is 1.64 bits per heavy atom. The van der Waals surface area contributed by atoms with Crippen molar-refractivity contribution < 1.29 is 14.3 Å². The molecule has 0 saturated carbocycles. The van der Waals surface area contributed by atoms with E-state index >= 15 is 0 Å². The lowest BCUT2D eigenvalue weighted by Gasteiger charge is -2.02. The highest BCUT2D eigenvalue weighted by atomic mass is 32.1. The van der Waals surface area contributed by atoms with E-state index in [1.54, 1.807) is 38.1 Å². The van der Waals surface area contributed by atoms with Gasteiger partial charge in [-0.1, -0.05) is 54.6 Å². The van der Waals surface area contributed by atoms with Gasteiger partial charge in [-0.25, -0.2) is 9.78 Å². The van der Waals surface area contributed by atoms with Crippen LogP contribution < -0.4 is 0 Å². The maximum Gasteiger partial charge on any atom is 0.350 e. The largest absolute Gasteiger partial charge is 0.462 e. The predicted molar refractivity (Wildman–Crippen MR) is 98.1 cm³/mol. The Bertz CT molecular complexity index is 898. The van der Waals surface area contributed by atoms with E-state index in [-0.39, 0.29) is 11.8 Å². The van der Waals surface area contributed by atoms with Crippen LogP contribution in [0, 0.1) is 6.92 Å². The highest BCUT2D eigenvalue weighted by Gasteiger charge is 2.17. The molecule has 0 amide bonds. The molecule has 3 aromatic rings. The van der Waals surface area contributed by atoms with Gasteiger partial charge >= 0.3 is 5.97 Å². The number of esters is 1. The molecule has 0 aliphatic carbocycles. The first kappa shape index (κ1) is 17.0. The van der Waals surface area contributed by atoms with Crippen molar-refractivity contribution in [2.75, 3.05) is 6.61 Å². The number of hydrogen-bond donors (Lipinski definition) is 0. The van der Waals surface area contributed by atoms with Gasteiger partial charge in [-0.15, -0.1) is 11.3 Å². The maximum atomic E-state index is 12.4. The van der Waals surface area contributed by atoms with E-state index in [2.05, 4.69) is 4.98 Å². The molecule has 1 aromatic heterocycles. The summed E-state index contributed by atoms with van der Waals surface area (Å²) in [5.41, 5.74) is 2.80. The molecular formula is C20H17NO3S. The van der Waals surface area contributed by atoms with Crippen molar-refractivity contribution >= 4 is 23.1 Å². The van der Waals surface area contributed by atoms with Crippen LogP contribution in [0.2, 0.25) is 0 Å². The first-order chi connectivity index (χ1) is 12.1. The zero-order valence-electron chi connectivity index (χ0n) is 14.0. The lowest BCUT2D eigenvalue weighted by atomic mass is 10.0. The normalized spacial score (nSPS) is 10.5. The smallest absolute Gasteiger partial charge is 0.350 e. The average molecular weight is 351 g/mol. The Morgan fingerprint density at radius 1 is 1.00 bits per heavy atom. The fourth-order valence-corrected chi connectivity index (χ4v) is 3.39. The molecule has 4 nitrogen and oxygen atoms in total. The summed E-state index contributed by atoms with van der Waals surface area (Å²) in [7, 11) is 0. The standard InChI is InChI=1S/C20H17NO3S/c1-3-24-20(23)18-13(2)21-19(25-18)16-11-9-15(10-12-16)17(22)14-7-5-4-6-8-14/h4-12H,3H2,1-2H3. The van der Waals surface area contributed by atoms with Crippen LogP contribution in [0.1, 0.15) is 38.2 Å². The van der Waals surface area contributed by atoms with Gasteiger partial charge in [0.1, 0.15) is 9.88 Å². The minimum Gasteiger partial charge on any atom is -0.462 e. The van der Waals surface area contributed by atoms with Crippen LogP contribution in [0.3, 0.4) is 0 Å². The van der Waals surface area contributed by atoms with Crippen molar-refractivity contribution in [3.05, 3.63) is 76.3 Å². The maximum absolute atomic E-state index is 12.4. The number of aromatic nitrogens is 1. The van der Waals surface area contributed by atoms with Gasteiger partial charge in [0, 0.05) is 16.7 Å². The van der Waals surface area contributed by atoms with E-state index in [4.69, 9.17) is 4.74 Å². The van der Waals surface area contributed by atoms with E-state index in [0.29, 0.717) is 28.3 Å². The summed E-state index contributed by atoms with van der Waals surface area (Å²) in [6.45, 7) is 3.90. The number of nitrogens with zero attached hydrogens (tertiary/aromatic N) is 1. The third-order valence-electron chi connectivity index (χ3n) is 3.69.